The molecular formula is C14H15N3O3. The summed E-state index contributed by atoms with van der Waals surface area (Å²) in [6, 6.07) is 7.37. The number of carbonyl (C=O) groups is 1. The van der Waals surface area contributed by atoms with E-state index in [4.69, 9.17) is 9.47 Å². The van der Waals surface area contributed by atoms with E-state index in [-0.39, 0.29) is 5.91 Å². The van der Waals surface area contributed by atoms with Crippen LogP contribution in [0, 0.1) is 0 Å². The Morgan fingerprint density at radius 3 is 2.60 bits per heavy atom. The molecule has 1 aromatic heterocycles. The SMILES string of the molecule is COc1ccc(-n2nc(OC)c3c2C(=O)NCC3)cc1. The molecule has 3 rings (SSSR count). The average Bonchev–Trinajstić information content (AvgIpc) is 2.87. The summed E-state index contributed by atoms with van der Waals surface area (Å²) >= 11 is 0. The molecule has 0 unspecified atom stereocenters. The molecule has 0 radical (unpaired) electrons. The van der Waals surface area contributed by atoms with Gasteiger partial charge < -0.3 is 14.8 Å². The van der Waals surface area contributed by atoms with Gasteiger partial charge in [0.15, 0.2) is 0 Å². The molecule has 6 heteroatoms. The van der Waals surface area contributed by atoms with Crippen molar-refractivity contribution in [3.8, 4) is 17.3 Å². The zero-order valence-electron chi connectivity index (χ0n) is 11.3. The van der Waals surface area contributed by atoms with Crippen LogP contribution < -0.4 is 14.8 Å². The van der Waals surface area contributed by atoms with Crippen LogP contribution in [0.3, 0.4) is 0 Å². The second kappa shape index (κ2) is 4.88. The maximum Gasteiger partial charge on any atom is 0.270 e. The normalized spacial score (nSPS) is 13.6. The van der Waals surface area contributed by atoms with Gasteiger partial charge in [0.05, 0.1) is 19.9 Å². The second-order valence-electron chi connectivity index (χ2n) is 4.45. The molecule has 1 aromatic carbocycles. The number of ether oxygens (including phenoxy) is 2. The number of nitrogens with zero attached hydrogens (tertiary/aromatic N) is 2. The van der Waals surface area contributed by atoms with Crippen molar-refractivity contribution in [2.75, 3.05) is 20.8 Å². The number of fused-ring (bicyclic) bond motifs is 1. The van der Waals surface area contributed by atoms with Crippen LogP contribution in [0.5, 0.6) is 11.6 Å². The molecule has 0 spiro atoms. The van der Waals surface area contributed by atoms with E-state index in [0.29, 0.717) is 18.1 Å². The number of hydrogen-bond acceptors (Lipinski definition) is 4. The minimum Gasteiger partial charge on any atom is -0.497 e. The zero-order valence-corrected chi connectivity index (χ0v) is 11.3. The van der Waals surface area contributed by atoms with E-state index in [9.17, 15) is 4.79 Å². The smallest absolute Gasteiger partial charge is 0.270 e. The van der Waals surface area contributed by atoms with Crippen molar-refractivity contribution >= 4 is 5.91 Å². The van der Waals surface area contributed by atoms with Gasteiger partial charge >= 0.3 is 0 Å². The van der Waals surface area contributed by atoms with Gasteiger partial charge in [-0.15, -0.1) is 5.10 Å². The van der Waals surface area contributed by atoms with Gasteiger partial charge in [0.1, 0.15) is 11.4 Å². The van der Waals surface area contributed by atoms with E-state index in [0.717, 1.165) is 23.4 Å². The molecule has 0 saturated heterocycles. The van der Waals surface area contributed by atoms with E-state index in [2.05, 4.69) is 10.4 Å². The number of nitrogens with one attached hydrogen (secondary N) is 1. The summed E-state index contributed by atoms with van der Waals surface area (Å²) in [4.78, 5) is 12.1. The van der Waals surface area contributed by atoms with Crippen LogP contribution in [0.1, 0.15) is 16.1 Å². The molecule has 0 atom stereocenters. The Hall–Kier alpha value is -2.50. The minimum absolute atomic E-state index is 0.127. The first-order valence-corrected chi connectivity index (χ1v) is 6.33. The van der Waals surface area contributed by atoms with E-state index >= 15 is 0 Å². The topological polar surface area (TPSA) is 65.4 Å². The average molecular weight is 273 g/mol. The van der Waals surface area contributed by atoms with E-state index in [1.54, 1.807) is 18.9 Å². The van der Waals surface area contributed by atoms with Gasteiger partial charge in [-0.3, -0.25) is 4.79 Å². The summed E-state index contributed by atoms with van der Waals surface area (Å²) in [5, 5.41) is 7.21. The maximum atomic E-state index is 12.1. The van der Waals surface area contributed by atoms with Crippen molar-refractivity contribution in [1.82, 2.24) is 15.1 Å². The van der Waals surface area contributed by atoms with Crippen LogP contribution >= 0.6 is 0 Å². The van der Waals surface area contributed by atoms with Crippen molar-refractivity contribution < 1.29 is 14.3 Å². The van der Waals surface area contributed by atoms with Crippen LogP contribution in [0.4, 0.5) is 0 Å². The molecule has 0 aliphatic carbocycles. The quantitative estimate of drug-likeness (QED) is 0.912. The number of aromatic nitrogens is 2. The lowest BCUT2D eigenvalue weighted by Crippen LogP contribution is -2.33. The van der Waals surface area contributed by atoms with Crippen molar-refractivity contribution in [2.45, 2.75) is 6.42 Å². The molecule has 104 valence electrons. The zero-order chi connectivity index (χ0) is 14.1. The number of carbonyl (C=O) groups excluding carboxylic acids is 1. The van der Waals surface area contributed by atoms with Crippen LogP contribution in [0.15, 0.2) is 24.3 Å². The predicted octanol–water partition coefficient (Wildman–Crippen LogP) is 1.18. The molecule has 1 aliphatic heterocycles. The maximum absolute atomic E-state index is 12.1. The summed E-state index contributed by atoms with van der Waals surface area (Å²) in [6.45, 7) is 0.608. The first kappa shape index (κ1) is 12.5. The molecular weight excluding hydrogens is 258 g/mol. The highest BCUT2D eigenvalue weighted by atomic mass is 16.5. The molecule has 0 fully saturated rings. The summed E-state index contributed by atoms with van der Waals surface area (Å²) in [5.41, 5.74) is 2.19. The van der Waals surface area contributed by atoms with Crippen LogP contribution in [0.2, 0.25) is 0 Å². The second-order valence-corrected chi connectivity index (χ2v) is 4.45. The fourth-order valence-corrected chi connectivity index (χ4v) is 2.35. The highest BCUT2D eigenvalue weighted by molar-refractivity contribution is 5.96. The highest BCUT2D eigenvalue weighted by Crippen LogP contribution is 2.27. The number of hydrogen-bond donors (Lipinski definition) is 1. The lowest BCUT2D eigenvalue weighted by Gasteiger charge is -2.14. The Morgan fingerprint density at radius 2 is 1.95 bits per heavy atom. The molecule has 6 nitrogen and oxygen atoms in total. The number of rotatable bonds is 3. The van der Waals surface area contributed by atoms with Gasteiger partial charge in [-0.2, -0.15) is 0 Å². The fraction of sp³-hybridized carbons (Fsp3) is 0.286. The molecule has 2 aromatic rings. The summed E-state index contributed by atoms with van der Waals surface area (Å²) < 4.78 is 12.0. The Kier molecular flexibility index (Phi) is 3.06. The van der Waals surface area contributed by atoms with E-state index in [1.165, 1.54) is 0 Å². The number of benzene rings is 1. The largest absolute Gasteiger partial charge is 0.497 e. The van der Waals surface area contributed by atoms with E-state index in [1.807, 2.05) is 24.3 Å². The van der Waals surface area contributed by atoms with Gasteiger partial charge in [0.2, 0.25) is 5.88 Å². The molecule has 1 amide bonds. The third-order valence-electron chi connectivity index (χ3n) is 3.33. The molecule has 0 bridgehead atoms. The standard InChI is InChI=1S/C14H15N3O3/c1-19-10-5-3-9(4-6-10)17-12-11(14(16-17)20-2)7-8-15-13(12)18/h3-6H,7-8H2,1-2H3,(H,15,18). The fourth-order valence-electron chi connectivity index (χ4n) is 2.35. The van der Waals surface area contributed by atoms with Crippen molar-refractivity contribution in [3.63, 3.8) is 0 Å². The molecule has 0 saturated carbocycles. The Morgan fingerprint density at radius 1 is 1.20 bits per heavy atom. The summed E-state index contributed by atoms with van der Waals surface area (Å²) in [7, 11) is 3.18. The summed E-state index contributed by atoms with van der Waals surface area (Å²) in [5.74, 6) is 1.13. The monoisotopic (exact) mass is 273 g/mol. The third-order valence-corrected chi connectivity index (χ3v) is 3.33. The molecule has 1 N–H and O–H groups in total. The Labute approximate surface area is 116 Å². The Bertz CT molecular complexity index is 646. The van der Waals surface area contributed by atoms with Gasteiger partial charge in [-0.1, -0.05) is 0 Å². The molecule has 1 aliphatic rings. The number of methoxy groups -OCH3 is 2. The van der Waals surface area contributed by atoms with Crippen molar-refractivity contribution in [1.29, 1.82) is 0 Å². The third kappa shape index (κ3) is 1.89. The van der Waals surface area contributed by atoms with Crippen LogP contribution in [-0.4, -0.2) is 36.5 Å². The van der Waals surface area contributed by atoms with E-state index < -0.39 is 0 Å². The van der Waals surface area contributed by atoms with Crippen LogP contribution in [-0.2, 0) is 6.42 Å². The van der Waals surface area contributed by atoms with Gasteiger partial charge in [-0.05, 0) is 30.7 Å². The van der Waals surface area contributed by atoms with Gasteiger partial charge in [-0.25, -0.2) is 4.68 Å². The number of amides is 1. The Balaban J connectivity index is 2.13. The summed E-state index contributed by atoms with van der Waals surface area (Å²) in [6.07, 6.45) is 0.723. The first-order chi connectivity index (χ1) is 9.74. The van der Waals surface area contributed by atoms with Crippen LogP contribution in [0.25, 0.3) is 5.69 Å². The van der Waals surface area contributed by atoms with Gasteiger partial charge in [0.25, 0.3) is 5.91 Å². The molecule has 20 heavy (non-hydrogen) atoms. The minimum atomic E-state index is -0.127. The predicted molar refractivity (Wildman–Crippen MR) is 72.7 cm³/mol. The molecule has 2 heterocycles. The van der Waals surface area contributed by atoms with Crippen molar-refractivity contribution in [2.24, 2.45) is 0 Å². The van der Waals surface area contributed by atoms with Crippen molar-refractivity contribution in [3.05, 3.63) is 35.5 Å². The first-order valence-electron chi connectivity index (χ1n) is 6.33. The highest BCUT2D eigenvalue weighted by Gasteiger charge is 2.28. The van der Waals surface area contributed by atoms with Gasteiger partial charge in [0, 0.05) is 12.1 Å². The lowest BCUT2D eigenvalue weighted by atomic mass is 10.1. The lowest BCUT2D eigenvalue weighted by molar-refractivity contribution is 0.0938.